The third kappa shape index (κ3) is 3.67. The van der Waals surface area contributed by atoms with Crippen LogP contribution in [0, 0.1) is 6.92 Å². The Bertz CT molecular complexity index is 604. The van der Waals surface area contributed by atoms with Gasteiger partial charge in [0.1, 0.15) is 5.76 Å². The summed E-state index contributed by atoms with van der Waals surface area (Å²) in [5, 5.41) is 14.9. The number of nitrogens with one attached hydrogen (secondary N) is 1. The van der Waals surface area contributed by atoms with E-state index in [1.54, 1.807) is 18.3 Å². The molecule has 0 unspecified atom stereocenters. The Kier molecular flexibility index (Phi) is 4.52. The van der Waals surface area contributed by atoms with Crippen molar-refractivity contribution in [2.24, 2.45) is 0 Å². The van der Waals surface area contributed by atoms with Gasteiger partial charge in [0.2, 0.25) is 11.8 Å². The molecule has 1 amide bonds. The molecule has 20 heavy (non-hydrogen) atoms. The lowest BCUT2D eigenvalue weighted by Crippen LogP contribution is -2.27. The second-order valence-corrected chi connectivity index (χ2v) is 4.98. The summed E-state index contributed by atoms with van der Waals surface area (Å²) < 4.78 is 5.52. The van der Waals surface area contributed by atoms with Gasteiger partial charge in [0, 0.05) is 17.5 Å². The maximum atomic E-state index is 11.7. The molecule has 0 aliphatic carbocycles. The van der Waals surface area contributed by atoms with Crippen molar-refractivity contribution >= 4 is 23.2 Å². The van der Waals surface area contributed by atoms with Crippen LogP contribution in [-0.2, 0) is 16.0 Å². The highest BCUT2D eigenvalue weighted by Crippen LogP contribution is 2.23. The number of carbonyl (C=O) groups excluding carboxylic acids is 1. The monoisotopic (exact) mass is 294 g/mol. The van der Waals surface area contributed by atoms with Gasteiger partial charge in [0.25, 0.3) is 0 Å². The Morgan fingerprint density at radius 2 is 2.30 bits per heavy atom. The predicted molar refractivity (Wildman–Crippen MR) is 73.5 cm³/mol. The maximum Gasteiger partial charge on any atom is 0.305 e. The van der Waals surface area contributed by atoms with Crippen LogP contribution >= 0.6 is 11.3 Å². The topological polar surface area (TPSA) is 92.4 Å². The zero-order valence-corrected chi connectivity index (χ0v) is 11.7. The lowest BCUT2D eigenvalue weighted by atomic mass is 10.2. The number of hydrogen-bond donors (Lipinski definition) is 2. The minimum atomic E-state index is -0.942. The molecule has 106 valence electrons. The van der Waals surface area contributed by atoms with Crippen molar-refractivity contribution < 1.29 is 19.1 Å². The average Bonchev–Trinajstić information content (AvgIpc) is 2.99. The van der Waals surface area contributed by atoms with Crippen LogP contribution < -0.4 is 5.32 Å². The van der Waals surface area contributed by atoms with Gasteiger partial charge in [-0.2, -0.15) is 11.3 Å². The normalized spacial score (nSPS) is 10.4. The Hall–Kier alpha value is -2.15. The SMILES string of the molecule is Cc1oc(-c2ccsc2)nc1CC(=O)NCCC(=O)O. The van der Waals surface area contributed by atoms with Crippen LogP contribution in [0.15, 0.2) is 21.2 Å². The van der Waals surface area contributed by atoms with E-state index in [2.05, 4.69) is 10.3 Å². The van der Waals surface area contributed by atoms with E-state index in [1.807, 2.05) is 16.8 Å². The third-order valence-corrected chi connectivity index (χ3v) is 3.33. The number of aromatic nitrogens is 1. The highest BCUT2D eigenvalue weighted by molar-refractivity contribution is 7.08. The van der Waals surface area contributed by atoms with Crippen molar-refractivity contribution in [2.75, 3.05) is 6.54 Å². The number of aliphatic carboxylic acids is 1. The number of nitrogens with zero attached hydrogens (tertiary/aromatic N) is 1. The molecule has 2 aromatic heterocycles. The fourth-order valence-corrected chi connectivity index (χ4v) is 2.25. The van der Waals surface area contributed by atoms with Gasteiger partial charge in [-0.25, -0.2) is 4.98 Å². The minimum Gasteiger partial charge on any atom is -0.481 e. The van der Waals surface area contributed by atoms with Gasteiger partial charge < -0.3 is 14.8 Å². The molecular formula is C13H14N2O4S. The smallest absolute Gasteiger partial charge is 0.305 e. The molecule has 0 saturated carbocycles. The summed E-state index contributed by atoms with van der Waals surface area (Å²) in [5.41, 5.74) is 1.45. The molecule has 2 rings (SSSR count). The van der Waals surface area contributed by atoms with E-state index in [0.29, 0.717) is 17.3 Å². The number of hydrogen-bond acceptors (Lipinski definition) is 5. The van der Waals surface area contributed by atoms with Crippen molar-refractivity contribution in [3.8, 4) is 11.5 Å². The summed E-state index contributed by atoms with van der Waals surface area (Å²) in [6, 6.07) is 1.90. The Morgan fingerprint density at radius 1 is 1.50 bits per heavy atom. The summed E-state index contributed by atoms with van der Waals surface area (Å²) in [4.78, 5) is 26.3. The first kappa shape index (κ1) is 14.3. The highest BCUT2D eigenvalue weighted by atomic mass is 32.1. The van der Waals surface area contributed by atoms with E-state index in [9.17, 15) is 9.59 Å². The van der Waals surface area contributed by atoms with Crippen LogP contribution in [0.3, 0.4) is 0 Å². The molecule has 2 N–H and O–H groups in total. The summed E-state index contributed by atoms with van der Waals surface area (Å²) in [6.45, 7) is 1.87. The quantitative estimate of drug-likeness (QED) is 0.848. The first-order valence-electron chi connectivity index (χ1n) is 6.03. The molecule has 0 aliphatic rings. The molecule has 2 heterocycles. The maximum absolute atomic E-state index is 11.7. The fraction of sp³-hybridized carbons (Fsp3) is 0.308. The molecule has 2 aromatic rings. The van der Waals surface area contributed by atoms with E-state index in [-0.39, 0.29) is 25.3 Å². The summed E-state index contributed by atoms with van der Waals surface area (Å²) in [6.07, 6.45) is -0.0111. The van der Waals surface area contributed by atoms with E-state index < -0.39 is 5.97 Å². The van der Waals surface area contributed by atoms with Gasteiger partial charge >= 0.3 is 5.97 Å². The molecule has 0 aromatic carbocycles. The van der Waals surface area contributed by atoms with Crippen LogP contribution in [0.4, 0.5) is 0 Å². The molecule has 0 bridgehead atoms. The lowest BCUT2D eigenvalue weighted by Gasteiger charge is -2.01. The Labute approximate surface area is 119 Å². The molecular weight excluding hydrogens is 280 g/mol. The molecule has 0 spiro atoms. The molecule has 0 fully saturated rings. The fourth-order valence-electron chi connectivity index (χ4n) is 1.63. The van der Waals surface area contributed by atoms with Crippen molar-refractivity contribution in [1.29, 1.82) is 0 Å². The molecule has 0 saturated heterocycles. The van der Waals surface area contributed by atoms with Crippen molar-refractivity contribution in [3.63, 3.8) is 0 Å². The van der Waals surface area contributed by atoms with Crippen molar-refractivity contribution in [2.45, 2.75) is 19.8 Å². The Morgan fingerprint density at radius 3 is 2.95 bits per heavy atom. The largest absolute Gasteiger partial charge is 0.481 e. The number of amides is 1. The van der Waals surface area contributed by atoms with E-state index in [1.165, 1.54) is 0 Å². The molecule has 0 aliphatic heterocycles. The molecule has 7 heteroatoms. The van der Waals surface area contributed by atoms with Crippen LogP contribution in [-0.4, -0.2) is 28.5 Å². The van der Waals surface area contributed by atoms with Gasteiger partial charge in [-0.3, -0.25) is 9.59 Å². The lowest BCUT2D eigenvalue weighted by molar-refractivity contribution is -0.136. The van der Waals surface area contributed by atoms with Gasteiger partial charge in [0.05, 0.1) is 18.5 Å². The second kappa shape index (κ2) is 6.33. The van der Waals surface area contributed by atoms with Gasteiger partial charge in [-0.05, 0) is 18.4 Å². The number of thiophene rings is 1. The van der Waals surface area contributed by atoms with Crippen LogP contribution in [0.2, 0.25) is 0 Å². The summed E-state index contributed by atoms with van der Waals surface area (Å²) in [7, 11) is 0. The summed E-state index contributed by atoms with van der Waals surface area (Å²) in [5.74, 6) is -0.112. The van der Waals surface area contributed by atoms with Gasteiger partial charge in [0.15, 0.2) is 0 Å². The minimum absolute atomic E-state index is 0.0824. The zero-order valence-electron chi connectivity index (χ0n) is 10.9. The first-order chi connectivity index (χ1) is 9.56. The van der Waals surface area contributed by atoms with Crippen molar-refractivity contribution in [1.82, 2.24) is 10.3 Å². The number of carboxylic acids is 1. The van der Waals surface area contributed by atoms with Gasteiger partial charge in [-0.15, -0.1) is 0 Å². The zero-order chi connectivity index (χ0) is 14.5. The van der Waals surface area contributed by atoms with E-state index in [4.69, 9.17) is 9.52 Å². The van der Waals surface area contributed by atoms with Gasteiger partial charge in [-0.1, -0.05) is 0 Å². The number of oxazole rings is 1. The van der Waals surface area contributed by atoms with Crippen LogP contribution in [0.1, 0.15) is 17.9 Å². The highest BCUT2D eigenvalue weighted by Gasteiger charge is 2.14. The predicted octanol–water partition coefficient (Wildman–Crippen LogP) is 1.84. The molecule has 0 atom stereocenters. The number of carboxylic acid groups (broad SMARTS) is 1. The van der Waals surface area contributed by atoms with Crippen LogP contribution in [0.5, 0.6) is 0 Å². The van der Waals surface area contributed by atoms with E-state index >= 15 is 0 Å². The number of aryl methyl sites for hydroxylation is 1. The average molecular weight is 294 g/mol. The van der Waals surface area contributed by atoms with E-state index in [0.717, 1.165) is 5.56 Å². The third-order valence-electron chi connectivity index (χ3n) is 2.65. The first-order valence-corrected chi connectivity index (χ1v) is 6.98. The second-order valence-electron chi connectivity index (χ2n) is 4.20. The molecule has 6 nitrogen and oxygen atoms in total. The molecule has 0 radical (unpaired) electrons. The van der Waals surface area contributed by atoms with Crippen molar-refractivity contribution in [3.05, 3.63) is 28.3 Å². The standard InChI is InChI=1S/C13H14N2O4S/c1-8-10(6-11(16)14-4-2-12(17)18)15-13(19-8)9-3-5-20-7-9/h3,5,7H,2,4,6H2,1H3,(H,14,16)(H,17,18). The summed E-state index contributed by atoms with van der Waals surface area (Å²) >= 11 is 1.54. The number of carbonyl (C=O) groups is 2. The number of rotatable bonds is 6. The van der Waals surface area contributed by atoms with Crippen LogP contribution in [0.25, 0.3) is 11.5 Å². The Balaban J connectivity index is 1.96.